The van der Waals surface area contributed by atoms with E-state index < -0.39 is 0 Å². The van der Waals surface area contributed by atoms with E-state index in [2.05, 4.69) is 22.4 Å². The highest BCUT2D eigenvalue weighted by molar-refractivity contribution is 7.99. The van der Waals surface area contributed by atoms with E-state index >= 15 is 0 Å². The zero-order valence-corrected chi connectivity index (χ0v) is 17.3. The monoisotopic (exact) mass is 415 g/mol. The van der Waals surface area contributed by atoms with Crippen LogP contribution < -0.4 is 19.5 Å². The second-order valence-electron chi connectivity index (χ2n) is 5.74. The number of aromatic nitrogens is 2. The first-order chi connectivity index (χ1) is 14.1. The summed E-state index contributed by atoms with van der Waals surface area (Å²) in [7, 11) is 4.56. The fourth-order valence-corrected chi connectivity index (χ4v) is 3.30. The summed E-state index contributed by atoms with van der Waals surface area (Å²) in [4.78, 5) is 13.5. The van der Waals surface area contributed by atoms with Crippen LogP contribution in [0.2, 0.25) is 0 Å². The van der Waals surface area contributed by atoms with Crippen molar-refractivity contribution in [3.05, 3.63) is 42.0 Å². The summed E-state index contributed by atoms with van der Waals surface area (Å²) >= 11 is 1.71. The Bertz CT molecular complexity index is 963. The number of methoxy groups -OCH3 is 3. The number of thioether (sulfide) groups is 1. The highest BCUT2D eigenvalue weighted by atomic mass is 32.2. The SMILES string of the molecule is CCSc1ccc(C(=O)Nc2nnc(-c3cc(OC)c(OC)c(OC)c3)o2)cc1. The van der Waals surface area contributed by atoms with Crippen LogP contribution >= 0.6 is 11.8 Å². The molecule has 0 radical (unpaired) electrons. The van der Waals surface area contributed by atoms with Crippen molar-refractivity contribution in [1.29, 1.82) is 0 Å². The molecule has 3 aromatic rings. The molecule has 0 saturated carbocycles. The van der Waals surface area contributed by atoms with Gasteiger partial charge in [-0.05, 0) is 42.2 Å². The third-order valence-corrected chi connectivity index (χ3v) is 4.88. The number of carbonyl (C=O) groups excluding carboxylic acids is 1. The summed E-state index contributed by atoms with van der Waals surface area (Å²) in [5.74, 6) is 2.20. The molecule has 1 amide bonds. The van der Waals surface area contributed by atoms with Crippen molar-refractivity contribution < 1.29 is 23.4 Å². The summed E-state index contributed by atoms with van der Waals surface area (Å²) in [6.45, 7) is 2.08. The number of hydrogen-bond donors (Lipinski definition) is 1. The molecule has 0 aliphatic heterocycles. The maximum Gasteiger partial charge on any atom is 0.322 e. The highest BCUT2D eigenvalue weighted by Gasteiger charge is 2.18. The van der Waals surface area contributed by atoms with Crippen LogP contribution in [0.1, 0.15) is 17.3 Å². The Morgan fingerprint density at radius 2 is 1.69 bits per heavy atom. The van der Waals surface area contributed by atoms with Crippen LogP contribution in [0.4, 0.5) is 6.01 Å². The van der Waals surface area contributed by atoms with Crippen LogP contribution in [-0.2, 0) is 0 Å². The van der Waals surface area contributed by atoms with Gasteiger partial charge in [0.05, 0.1) is 21.3 Å². The van der Waals surface area contributed by atoms with Gasteiger partial charge in [-0.2, -0.15) is 0 Å². The lowest BCUT2D eigenvalue weighted by atomic mass is 10.2. The van der Waals surface area contributed by atoms with Crippen LogP contribution in [0.25, 0.3) is 11.5 Å². The predicted molar refractivity (Wildman–Crippen MR) is 110 cm³/mol. The van der Waals surface area contributed by atoms with Gasteiger partial charge in [0.15, 0.2) is 11.5 Å². The van der Waals surface area contributed by atoms with Crippen molar-refractivity contribution in [2.45, 2.75) is 11.8 Å². The fraction of sp³-hybridized carbons (Fsp3) is 0.250. The lowest BCUT2D eigenvalue weighted by molar-refractivity contribution is 0.102. The standard InChI is InChI=1S/C20H21N3O5S/c1-5-29-14-8-6-12(7-9-14)18(24)21-20-23-22-19(28-20)13-10-15(25-2)17(27-4)16(11-13)26-3/h6-11H,5H2,1-4H3,(H,21,23,24). The van der Waals surface area contributed by atoms with Crippen LogP contribution in [0.15, 0.2) is 45.7 Å². The summed E-state index contributed by atoms with van der Waals surface area (Å²) in [5, 5.41) is 10.5. The number of hydrogen-bond acceptors (Lipinski definition) is 8. The van der Waals surface area contributed by atoms with Gasteiger partial charge in [0, 0.05) is 16.0 Å². The van der Waals surface area contributed by atoms with Crippen LogP contribution in [-0.4, -0.2) is 43.2 Å². The highest BCUT2D eigenvalue weighted by Crippen LogP contribution is 2.41. The van der Waals surface area contributed by atoms with E-state index in [9.17, 15) is 4.79 Å². The number of rotatable bonds is 8. The maximum absolute atomic E-state index is 12.4. The molecule has 0 spiro atoms. The number of ether oxygens (including phenoxy) is 3. The third-order valence-electron chi connectivity index (χ3n) is 3.98. The molecule has 2 aromatic carbocycles. The molecule has 9 heteroatoms. The van der Waals surface area contributed by atoms with Gasteiger partial charge in [0.1, 0.15) is 0 Å². The topological polar surface area (TPSA) is 95.7 Å². The minimum absolute atomic E-state index is 0.00855. The fourth-order valence-electron chi connectivity index (χ4n) is 2.63. The quantitative estimate of drug-likeness (QED) is 0.549. The zero-order chi connectivity index (χ0) is 20.8. The van der Waals surface area contributed by atoms with Gasteiger partial charge in [0.2, 0.25) is 11.6 Å². The largest absolute Gasteiger partial charge is 0.493 e. The number of nitrogens with one attached hydrogen (secondary N) is 1. The van der Waals surface area contributed by atoms with Gasteiger partial charge in [0.25, 0.3) is 5.91 Å². The lowest BCUT2D eigenvalue weighted by Crippen LogP contribution is -2.11. The molecule has 0 aliphatic carbocycles. The maximum atomic E-state index is 12.4. The Balaban J connectivity index is 1.79. The number of amides is 1. The molecule has 0 unspecified atom stereocenters. The summed E-state index contributed by atoms with van der Waals surface area (Å²) in [6, 6.07) is 10.7. The molecule has 0 aliphatic rings. The average Bonchev–Trinajstić information content (AvgIpc) is 3.21. The smallest absolute Gasteiger partial charge is 0.322 e. The molecule has 1 N–H and O–H groups in total. The first kappa shape index (κ1) is 20.5. The Hall–Kier alpha value is -3.20. The molecule has 0 atom stereocenters. The molecule has 8 nitrogen and oxygen atoms in total. The molecule has 0 fully saturated rings. The van der Waals surface area contributed by atoms with E-state index in [1.54, 1.807) is 36.0 Å². The Morgan fingerprint density at radius 1 is 1.03 bits per heavy atom. The number of nitrogens with zero attached hydrogens (tertiary/aromatic N) is 2. The van der Waals surface area contributed by atoms with E-state index in [1.165, 1.54) is 21.3 Å². The molecule has 0 saturated heterocycles. The van der Waals surface area contributed by atoms with Gasteiger partial charge in [-0.25, -0.2) is 0 Å². The Morgan fingerprint density at radius 3 is 2.24 bits per heavy atom. The lowest BCUT2D eigenvalue weighted by Gasteiger charge is -2.12. The van der Waals surface area contributed by atoms with Crippen molar-refractivity contribution in [3.63, 3.8) is 0 Å². The van der Waals surface area contributed by atoms with Crippen LogP contribution in [0.5, 0.6) is 17.2 Å². The van der Waals surface area contributed by atoms with Gasteiger partial charge >= 0.3 is 6.01 Å². The van der Waals surface area contributed by atoms with E-state index in [1.807, 2.05) is 12.1 Å². The minimum Gasteiger partial charge on any atom is -0.493 e. The molecule has 29 heavy (non-hydrogen) atoms. The van der Waals surface area contributed by atoms with Gasteiger partial charge in [-0.15, -0.1) is 16.9 Å². The second kappa shape index (κ2) is 9.33. The molecule has 0 bridgehead atoms. The molecule has 3 rings (SSSR count). The molecular weight excluding hydrogens is 394 g/mol. The van der Waals surface area contributed by atoms with E-state index in [0.29, 0.717) is 28.4 Å². The third kappa shape index (κ3) is 4.62. The van der Waals surface area contributed by atoms with Gasteiger partial charge in [-0.1, -0.05) is 12.0 Å². The molecule has 1 heterocycles. The number of benzene rings is 2. The molecule has 152 valence electrons. The second-order valence-corrected chi connectivity index (χ2v) is 7.08. The number of carbonyl (C=O) groups is 1. The van der Waals surface area contributed by atoms with Crippen molar-refractivity contribution in [1.82, 2.24) is 10.2 Å². The summed E-state index contributed by atoms with van der Waals surface area (Å²) in [6.07, 6.45) is 0. The Labute approximate surface area is 172 Å². The predicted octanol–water partition coefficient (Wildman–Crippen LogP) is 4.13. The normalized spacial score (nSPS) is 10.5. The van der Waals surface area contributed by atoms with Crippen LogP contribution in [0, 0.1) is 0 Å². The zero-order valence-electron chi connectivity index (χ0n) is 16.5. The van der Waals surface area contributed by atoms with Gasteiger partial charge < -0.3 is 18.6 Å². The van der Waals surface area contributed by atoms with Gasteiger partial charge in [-0.3, -0.25) is 10.1 Å². The molecule has 1 aromatic heterocycles. The van der Waals surface area contributed by atoms with E-state index in [0.717, 1.165) is 10.6 Å². The van der Waals surface area contributed by atoms with Crippen LogP contribution in [0.3, 0.4) is 0 Å². The summed E-state index contributed by atoms with van der Waals surface area (Å²) in [5.41, 5.74) is 1.06. The summed E-state index contributed by atoms with van der Waals surface area (Å²) < 4.78 is 21.6. The first-order valence-electron chi connectivity index (χ1n) is 8.77. The first-order valence-corrected chi connectivity index (χ1v) is 9.76. The van der Waals surface area contributed by atoms with E-state index in [4.69, 9.17) is 18.6 Å². The average molecular weight is 415 g/mol. The van der Waals surface area contributed by atoms with E-state index in [-0.39, 0.29) is 17.8 Å². The molecular formula is C20H21N3O5S. The Kier molecular flexibility index (Phi) is 6.61. The van der Waals surface area contributed by atoms with Crippen molar-refractivity contribution >= 4 is 23.7 Å². The van der Waals surface area contributed by atoms with Crippen molar-refractivity contribution in [2.24, 2.45) is 0 Å². The minimum atomic E-state index is -0.335. The van der Waals surface area contributed by atoms with Crippen molar-refractivity contribution in [3.8, 4) is 28.7 Å². The number of anilines is 1. The van der Waals surface area contributed by atoms with Crippen molar-refractivity contribution in [2.75, 3.05) is 32.4 Å².